The molecule has 0 unspecified atom stereocenters. The van der Waals surface area contributed by atoms with Crippen molar-refractivity contribution < 1.29 is 24.9 Å². The van der Waals surface area contributed by atoms with Gasteiger partial charge in [-0.2, -0.15) is 5.10 Å². The number of aromatic nitrogens is 3. The zero-order chi connectivity index (χ0) is 22.1. The van der Waals surface area contributed by atoms with E-state index in [0.717, 1.165) is 32.0 Å². The van der Waals surface area contributed by atoms with E-state index >= 15 is 0 Å². The standard InChI is InChI=1S/C21H21N5O5/c1-12-18(27)16(10-22-25-5-3-2-4-6-25)17-11-26(24-19(17)23-12)15-8-13(20(28)29)7-14(9-15)21(30)31/h7-11,27H,2-6H2,1H3,(H,28,29)(H,30,31). The molecule has 4 rings (SSSR count). The van der Waals surface area contributed by atoms with E-state index in [4.69, 9.17) is 0 Å². The van der Waals surface area contributed by atoms with E-state index in [1.165, 1.54) is 23.2 Å². The van der Waals surface area contributed by atoms with Gasteiger partial charge < -0.3 is 15.3 Å². The van der Waals surface area contributed by atoms with Crippen LogP contribution in [0.1, 0.15) is 51.2 Å². The first kappa shape index (κ1) is 20.3. The highest BCUT2D eigenvalue weighted by Crippen LogP contribution is 2.28. The van der Waals surface area contributed by atoms with Crippen LogP contribution in [0.2, 0.25) is 0 Å². The molecule has 1 aliphatic heterocycles. The molecule has 1 fully saturated rings. The summed E-state index contributed by atoms with van der Waals surface area (Å²) in [7, 11) is 0. The highest BCUT2D eigenvalue weighted by molar-refractivity contribution is 6.00. The SMILES string of the molecule is Cc1nc2nn(-c3cc(C(=O)O)cc(C(=O)O)c3)cc2c(C=NN2CCCCC2)c1O. The molecule has 0 atom stereocenters. The van der Waals surface area contributed by atoms with Crippen molar-refractivity contribution in [3.63, 3.8) is 0 Å². The molecular formula is C21H21N5O5. The van der Waals surface area contributed by atoms with Gasteiger partial charge in [0.05, 0.1) is 39.7 Å². The molecule has 1 saturated heterocycles. The number of benzene rings is 1. The van der Waals surface area contributed by atoms with Gasteiger partial charge in [-0.25, -0.2) is 19.3 Å². The lowest BCUT2D eigenvalue weighted by atomic mass is 10.1. The van der Waals surface area contributed by atoms with Crippen molar-refractivity contribution in [2.24, 2.45) is 5.10 Å². The summed E-state index contributed by atoms with van der Waals surface area (Å²) in [5, 5.41) is 40.5. The van der Waals surface area contributed by atoms with Gasteiger partial charge in [0.15, 0.2) is 5.65 Å². The summed E-state index contributed by atoms with van der Waals surface area (Å²) in [6.45, 7) is 3.35. The molecule has 0 aliphatic carbocycles. The number of nitrogens with zero attached hydrogens (tertiary/aromatic N) is 5. The summed E-state index contributed by atoms with van der Waals surface area (Å²) < 4.78 is 1.35. The minimum atomic E-state index is -1.25. The van der Waals surface area contributed by atoms with Gasteiger partial charge in [-0.1, -0.05) is 0 Å². The maximum atomic E-state index is 11.4. The summed E-state index contributed by atoms with van der Waals surface area (Å²) in [5.41, 5.74) is 1.07. The van der Waals surface area contributed by atoms with Crippen molar-refractivity contribution in [1.29, 1.82) is 0 Å². The first-order valence-corrected chi connectivity index (χ1v) is 9.83. The van der Waals surface area contributed by atoms with Crippen LogP contribution in [-0.2, 0) is 0 Å². The van der Waals surface area contributed by atoms with E-state index in [1.807, 2.05) is 5.01 Å². The molecule has 0 saturated carbocycles. The maximum absolute atomic E-state index is 11.4. The minimum absolute atomic E-state index is 0.0154. The number of piperidine rings is 1. The lowest BCUT2D eigenvalue weighted by molar-refractivity contribution is 0.0696. The van der Waals surface area contributed by atoms with E-state index in [-0.39, 0.29) is 22.6 Å². The number of pyridine rings is 1. The van der Waals surface area contributed by atoms with Crippen LogP contribution in [0.4, 0.5) is 0 Å². The van der Waals surface area contributed by atoms with E-state index in [0.29, 0.717) is 22.3 Å². The summed E-state index contributed by atoms with van der Waals surface area (Å²) >= 11 is 0. The number of carboxylic acids is 2. The molecule has 1 aliphatic rings. The summed E-state index contributed by atoms with van der Waals surface area (Å²) in [4.78, 5) is 27.1. The van der Waals surface area contributed by atoms with Gasteiger partial charge in [-0.05, 0) is 44.4 Å². The molecule has 3 heterocycles. The average Bonchev–Trinajstić information content (AvgIpc) is 3.18. The lowest BCUT2D eigenvalue weighted by Gasteiger charge is -2.23. The van der Waals surface area contributed by atoms with Crippen molar-refractivity contribution in [2.75, 3.05) is 13.1 Å². The third kappa shape index (κ3) is 4.04. The number of fused-ring (bicyclic) bond motifs is 1. The largest absolute Gasteiger partial charge is 0.505 e. The number of carboxylic acid groups (broad SMARTS) is 2. The Morgan fingerprint density at radius 3 is 2.32 bits per heavy atom. The Balaban J connectivity index is 1.82. The second kappa shape index (κ2) is 8.05. The smallest absolute Gasteiger partial charge is 0.335 e. The average molecular weight is 423 g/mol. The van der Waals surface area contributed by atoms with Crippen LogP contribution in [-0.4, -0.2) is 66.3 Å². The molecule has 1 aromatic carbocycles. The first-order chi connectivity index (χ1) is 14.8. The van der Waals surface area contributed by atoms with E-state index < -0.39 is 11.9 Å². The molecule has 0 amide bonds. The van der Waals surface area contributed by atoms with E-state index in [2.05, 4.69) is 15.2 Å². The van der Waals surface area contributed by atoms with Crippen molar-refractivity contribution >= 4 is 29.2 Å². The number of hydrogen-bond acceptors (Lipinski definition) is 7. The van der Waals surface area contributed by atoms with Crippen molar-refractivity contribution in [2.45, 2.75) is 26.2 Å². The molecule has 2 aromatic heterocycles. The van der Waals surface area contributed by atoms with Gasteiger partial charge in [0.1, 0.15) is 5.75 Å². The van der Waals surface area contributed by atoms with Gasteiger partial charge in [-0.3, -0.25) is 5.01 Å². The van der Waals surface area contributed by atoms with Gasteiger partial charge in [0.25, 0.3) is 0 Å². The summed E-state index contributed by atoms with van der Waals surface area (Å²) in [6.07, 6.45) is 6.47. The van der Waals surface area contributed by atoms with E-state index in [1.54, 1.807) is 19.3 Å². The molecule has 10 heteroatoms. The quantitative estimate of drug-likeness (QED) is 0.532. The predicted molar refractivity (Wildman–Crippen MR) is 112 cm³/mol. The van der Waals surface area contributed by atoms with Gasteiger partial charge in [0, 0.05) is 19.3 Å². The molecule has 10 nitrogen and oxygen atoms in total. The Hall–Kier alpha value is -3.95. The third-order valence-electron chi connectivity index (χ3n) is 5.22. The van der Waals surface area contributed by atoms with Crippen LogP contribution in [0.5, 0.6) is 5.75 Å². The zero-order valence-corrected chi connectivity index (χ0v) is 16.8. The first-order valence-electron chi connectivity index (χ1n) is 9.83. The normalized spacial score (nSPS) is 14.4. The number of rotatable bonds is 5. The van der Waals surface area contributed by atoms with Crippen molar-refractivity contribution in [3.8, 4) is 11.4 Å². The second-order valence-corrected chi connectivity index (χ2v) is 7.41. The summed E-state index contributed by atoms with van der Waals surface area (Å²) in [6, 6.07) is 3.74. The van der Waals surface area contributed by atoms with Crippen LogP contribution >= 0.6 is 0 Å². The fourth-order valence-corrected chi connectivity index (χ4v) is 3.56. The highest BCUT2D eigenvalue weighted by atomic mass is 16.4. The fourth-order valence-electron chi connectivity index (χ4n) is 3.56. The van der Waals surface area contributed by atoms with Crippen LogP contribution in [0.15, 0.2) is 29.5 Å². The Kier molecular flexibility index (Phi) is 5.28. The zero-order valence-electron chi connectivity index (χ0n) is 16.8. The third-order valence-corrected chi connectivity index (χ3v) is 5.22. The highest BCUT2D eigenvalue weighted by Gasteiger charge is 2.17. The van der Waals surface area contributed by atoms with Crippen molar-refractivity contribution in [3.05, 3.63) is 46.8 Å². The van der Waals surface area contributed by atoms with Crippen molar-refractivity contribution in [1.82, 2.24) is 19.8 Å². The maximum Gasteiger partial charge on any atom is 0.335 e. The molecule has 0 radical (unpaired) electrons. The van der Waals surface area contributed by atoms with Gasteiger partial charge in [-0.15, -0.1) is 5.10 Å². The molecule has 3 N–H and O–H groups in total. The molecule has 0 bridgehead atoms. The number of aromatic carboxylic acids is 2. The molecule has 0 spiro atoms. The number of hydrazone groups is 1. The van der Waals surface area contributed by atoms with Crippen LogP contribution in [0, 0.1) is 6.92 Å². The number of aromatic hydroxyl groups is 1. The van der Waals surface area contributed by atoms with Crippen LogP contribution in [0.25, 0.3) is 16.7 Å². The molecular weight excluding hydrogens is 402 g/mol. The summed E-state index contributed by atoms with van der Waals surface area (Å²) in [5.74, 6) is -2.51. The minimum Gasteiger partial charge on any atom is -0.505 e. The Morgan fingerprint density at radius 2 is 1.71 bits per heavy atom. The molecule has 31 heavy (non-hydrogen) atoms. The van der Waals surface area contributed by atoms with Gasteiger partial charge >= 0.3 is 11.9 Å². The number of aryl methyl sites for hydroxylation is 1. The number of carbonyl (C=O) groups is 2. The van der Waals surface area contributed by atoms with E-state index in [9.17, 15) is 24.9 Å². The Morgan fingerprint density at radius 1 is 1.06 bits per heavy atom. The predicted octanol–water partition coefficient (Wildman–Crippen LogP) is 2.65. The topological polar surface area (TPSA) is 141 Å². The number of hydrogen-bond donors (Lipinski definition) is 3. The second-order valence-electron chi connectivity index (χ2n) is 7.41. The lowest BCUT2D eigenvalue weighted by Crippen LogP contribution is -2.24. The Bertz CT molecular complexity index is 1180. The molecule has 160 valence electrons. The van der Waals surface area contributed by atoms with Crippen LogP contribution < -0.4 is 0 Å². The molecule has 3 aromatic rings. The van der Waals surface area contributed by atoms with Gasteiger partial charge in [0.2, 0.25) is 0 Å². The monoisotopic (exact) mass is 423 g/mol. The fraction of sp³-hybridized carbons (Fsp3) is 0.286. The Labute approximate surface area is 177 Å². The van der Waals surface area contributed by atoms with Crippen LogP contribution in [0.3, 0.4) is 0 Å².